The minimum atomic E-state index is -0.241. The van der Waals surface area contributed by atoms with Crippen molar-refractivity contribution in [1.29, 1.82) is 0 Å². The first kappa shape index (κ1) is 13.2. The minimum Gasteiger partial charge on any atom is -0.507 e. The molecule has 0 atom stereocenters. The Kier molecular flexibility index (Phi) is 3.14. The first-order chi connectivity index (χ1) is 10.1. The number of benzene rings is 2. The summed E-state index contributed by atoms with van der Waals surface area (Å²) in [6, 6.07) is 12.4. The van der Waals surface area contributed by atoms with Crippen LogP contribution in [0.1, 0.15) is 5.56 Å². The van der Waals surface area contributed by atoms with Gasteiger partial charge < -0.3 is 14.3 Å². The number of ether oxygens (including phenoxy) is 1. The zero-order valence-electron chi connectivity index (χ0n) is 11.7. The van der Waals surface area contributed by atoms with E-state index >= 15 is 0 Å². The van der Waals surface area contributed by atoms with Gasteiger partial charge in [0.1, 0.15) is 28.2 Å². The van der Waals surface area contributed by atoms with Crippen LogP contribution < -0.4 is 10.2 Å². The van der Waals surface area contributed by atoms with E-state index in [0.717, 1.165) is 5.56 Å². The van der Waals surface area contributed by atoms with Gasteiger partial charge in [-0.05, 0) is 6.92 Å². The molecule has 0 saturated carbocycles. The number of aromatic hydroxyl groups is 1. The van der Waals surface area contributed by atoms with E-state index in [0.29, 0.717) is 22.7 Å². The van der Waals surface area contributed by atoms with Crippen LogP contribution in [0.25, 0.3) is 22.3 Å². The molecule has 0 aliphatic heterocycles. The van der Waals surface area contributed by atoms with Gasteiger partial charge in [0.2, 0.25) is 0 Å². The average molecular weight is 282 g/mol. The fraction of sp³-hybridized carbons (Fsp3) is 0.118. The molecule has 0 fully saturated rings. The summed E-state index contributed by atoms with van der Waals surface area (Å²) in [6.07, 6.45) is 0. The molecule has 4 heteroatoms. The maximum atomic E-state index is 12.5. The van der Waals surface area contributed by atoms with E-state index in [9.17, 15) is 9.90 Å². The molecule has 0 aliphatic carbocycles. The quantitative estimate of drug-likeness (QED) is 0.781. The topological polar surface area (TPSA) is 59.7 Å². The third kappa shape index (κ3) is 2.14. The summed E-state index contributed by atoms with van der Waals surface area (Å²) in [4.78, 5) is 12.5. The van der Waals surface area contributed by atoms with Crippen molar-refractivity contribution in [3.63, 3.8) is 0 Å². The smallest absolute Gasteiger partial charge is 0.199 e. The summed E-state index contributed by atoms with van der Waals surface area (Å²) in [5, 5.41) is 10.2. The van der Waals surface area contributed by atoms with Crippen LogP contribution in [0.3, 0.4) is 0 Å². The largest absolute Gasteiger partial charge is 0.507 e. The molecule has 0 saturated heterocycles. The number of fused-ring (bicyclic) bond motifs is 1. The molecule has 0 amide bonds. The van der Waals surface area contributed by atoms with Gasteiger partial charge in [-0.25, -0.2) is 0 Å². The van der Waals surface area contributed by atoms with Gasteiger partial charge in [-0.15, -0.1) is 0 Å². The van der Waals surface area contributed by atoms with Crippen LogP contribution in [0.4, 0.5) is 0 Å². The van der Waals surface area contributed by atoms with Crippen molar-refractivity contribution in [3.05, 3.63) is 58.3 Å². The zero-order chi connectivity index (χ0) is 15.0. The van der Waals surface area contributed by atoms with Crippen molar-refractivity contribution in [1.82, 2.24) is 0 Å². The van der Waals surface area contributed by atoms with Crippen molar-refractivity contribution in [2.75, 3.05) is 7.11 Å². The molecular formula is C17H14O4. The molecule has 0 aliphatic rings. The number of phenolic OH excluding ortho intramolecular Hbond substituents is 1. The van der Waals surface area contributed by atoms with E-state index in [-0.39, 0.29) is 16.6 Å². The Morgan fingerprint density at radius 1 is 1.14 bits per heavy atom. The Labute approximate surface area is 121 Å². The van der Waals surface area contributed by atoms with Crippen molar-refractivity contribution in [3.8, 4) is 22.8 Å². The Morgan fingerprint density at radius 2 is 1.86 bits per heavy atom. The Morgan fingerprint density at radius 3 is 2.52 bits per heavy atom. The maximum Gasteiger partial charge on any atom is 0.199 e. The van der Waals surface area contributed by atoms with E-state index < -0.39 is 0 Å². The Bertz CT molecular complexity index is 863. The van der Waals surface area contributed by atoms with Crippen molar-refractivity contribution in [2.24, 2.45) is 0 Å². The monoisotopic (exact) mass is 282 g/mol. The van der Waals surface area contributed by atoms with Crippen molar-refractivity contribution < 1.29 is 14.3 Å². The molecule has 3 aromatic rings. The van der Waals surface area contributed by atoms with E-state index in [2.05, 4.69) is 0 Å². The standard InChI is InChI=1S/C17H14O4/c1-10-16(19)15-13(18)8-12(20-2)9-14(15)21-17(10)11-6-4-3-5-7-11/h3-9,18H,1-2H3. The molecule has 2 aromatic carbocycles. The second-order valence-electron chi connectivity index (χ2n) is 4.77. The van der Waals surface area contributed by atoms with Crippen LogP contribution in [0.5, 0.6) is 11.5 Å². The molecule has 0 radical (unpaired) electrons. The first-order valence-electron chi connectivity index (χ1n) is 6.51. The molecule has 0 unspecified atom stereocenters. The van der Waals surface area contributed by atoms with E-state index in [1.54, 1.807) is 13.0 Å². The van der Waals surface area contributed by atoms with Crippen LogP contribution in [0.15, 0.2) is 51.7 Å². The molecule has 0 bridgehead atoms. The van der Waals surface area contributed by atoms with Crippen LogP contribution in [-0.4, -0.2) is 12.2 Å². The molecule has 1 aromatic heterocycles. The first-order valence-corrected chi connectivity index (χ1v) is 6.51. The number of hydrogen-bond donors (Lipinski definition) is 1. The lowest BCUT2D eigenvalue weighted by Crippen LogP contribution is -2.07. The van der Waals surface area contributed by atoms with Crippen molar-refractivity contribution in [2.45, 2.75) is 6.92 Å². The summed E-state index contributed by atoms with van der Waals surface area (Å²) in [5.41, 5.74) is 1.35. The molecule has 0 spiro atoms. The van der Waals surface area contributed by atoms with Crippen LogP contribution >= 0.6 is 0 Å². The van der Waals surface area contributed by atoms with Gasteiger partial charge >= 0.3 is 0 Å². The molecule has 4 nitrogen and oxygen atoms in total. The molecule has 3 rings (SSSR count). The van der Waals surface area contributed by atoms with Crippen LogP contribution in [0, 0.1) is 6.92 Å². The van der Waals surface area contributed by atoms with Gasteiger partial charge in [-0.3, -0.25) is 4.79 Å². The highest BCUT2D eigenvalue weighted by Gasteiger charge is 2.16. The van der Waals surface area contributed by atoms with Gasteiger partial charge in [-0.2, -0.15) is 0 Å². The predicted molar refractivity (Wildman–Crippen MR) is 80.9 cm³/mol. The zero-order valence-corrected chi connectivity index (χ0v) is 11.7. The third-order valence-corrected chi connectivity index (χ3v) is 3.45. The van der Waals surface area contributed by atoms with Crippen molar-refractivity contribution >= 4 is 11.0 Å². The third-order valence-electron chi connectivity index (χ3n) is 3.45. The lowest BCUT2D eigenvalue weighted by atomic mass is 10.1. The van der Waals surface area contributed by atoms with Gasteiger partial charge in [0, 0.05) is 23.3 Å². The normalized spacial score (nSPS) is 10.8. The summed E-state index contributed by atoms with van der Waals surface area (Å²) in [7, 11) is 1.49. The summed E-state index contributed by atoms with van der Waals surface area (Å²) < 4.78 is 10.9. The lowest BCUT2D eigenvalue weighted by Gasteiger charge is -2.09. The van der Waals surface area contributed by atoms with Crippen LogP contribution in [0.2, 0.25) is 0 Å². The average Bonchev–Trinajstić information content (AvgIpc) is 2.51. The van der Waals surface area contributed by atoms with Gasteiger partial charge in [0.25, 0.3) is 0 Å². The van der Waals surface area contributed by atoms with Gasteiger partial charge in [0.05, 0.1) is 7.11 Å². The molecular weight excluding hydrogens is 268 g/mol. The second-order valence-corrected chi connectivity index (χ2v) is 4.77. The summed E-state index contributed by atoms with van der Waals surface area (Å²) in [5.74, 6) is 0.799. The van der Waals surface area contributed by atoms with E-state index in [4.69, 9.17) is 9.15 Å². The number of rotatable bonds is 2. The van der Waals surface area contributed by atoms with E-state index in [1.165, 1.54) is 13.2 Å². The fourth-order valence-corrected chi connectivity index (χ4v) is 2.34. The van der Waals surface area contributed by atoms with Gasteiger partial charge in [0.15, 0.2) is 5.43 Å². The number of hydrogen-bond acceptors (Lipinski definition) is 4. The Hall–Kier alpha value is -2.75. The highest BCUT2D eigenvalue weighted by molar-refractivity contribution is 5.87. The van der Waals surface area contributed by atoms with Gasteiger partial charge in [-0.1, -0.05) is 30.3 Å². The maximum absolute atomic E-state index is 12.5. The highest BCUT2D eigenvalue weighted by atomic mass is 16.5. The van der Waals surface area contributed by atoms with E-state index in [1.807, 2.05) is 30.3 Å². The lowest BCUT2D eigenvalue weighted by molar-refractivity contribution is 0.408. The number of phenols is 1. The molecule has 106 valence electrons. The molecule has 1 N–H and O–H groups in total. The second kappa shape index (κ2) is 4.98. The predicted octanol–water partition coefficient (Wildman–Crippen LogP) is 3.48. The number of methoxy groups -OCH3 is 1. The fourth-order valence-electron chi connectivity index (χ4n) is 2.34. The molecule has 21 heavy (non-hydrogen) atoms. The van der Waals surface area contributed by atoms with Crippen LogP contribution in [-0.2, 0) is 0 Å². The summed E-state index contributed by atoms with van der Waals surface area (Å²) in [6.45, 7) is 1.69. The highest BCUT2D eigenvalue weighted by Crippen LogP contribution is 2.32. The molecule has 1 heterocycles. The summed E-state index contributed by atoms with van der Waals surface area (Å²) >= 11 is 0. The SMILES string of the molecule is COc1cc(O)c2c(=O)c(C)c(-c3ccccc3)oc2c1. The Balaban J connectivity index is 2.39. The minimum absolute atomic E-state index is 0.138.